The van der Waals surface area contributed by atoms with E-state index in [0.29, 0.717) is 0 Å². The van der Waals surface area contributed by atoms with Crippen LogP contribution in [0.4, 0.5) is 17.1 Å². The molecule has 0 bridgehead atoms. The predicted octanol–water partition coefficient (Wildman–Crippen LogP) is 15.7. The summed E-state index contributed by atoms with van der Waals surface area (Å²) >= 11 is 0. The highest BCUT2D eigenvalue weighted by molar-refractivity contribution is 5.93. The third kappa shape index (κ3) is 5.84. The minimum Gasteiger partial charge on any atom is -0.310 e. The normalized spacial score (nSPS) is 16.1. The molecule has 0 saturated carbocycles. The maximum atomic E-state index is 4.45. The highest BCUT2D eigenvalue weighted by Gasteiger charge is 2.46. The van der Waals surface area contributed by atoms with Gasteiger partial charge in [0.1, 0.15) is 0 Å². The number of rotatable bonds is 9. The van der Waals surface area contributed by atoms with Crippen LogP contribution in [0.5, 0.6) is 0 Å². The van der Waals surface area contributed by atoms with Crippen LogP contribution in [0.1, 0.15) is 54.2 Å². The summed E-state index contributed by atoms with van der Waals surface area (Å²) in [5, 5.41) is 0. The van der Waals surface area contributed by atoms with Gasteiger partial charge in [-0.05, 0) is 127 Å². The Balaban J connectivity index is 1.21. The Hall–Kier alpha value is -7.22. The Morgan fingerprint density at radius 2 is 0.950 bits per heavy atom. The molecular weight excluding hydrogens is 723 g/mol. The Kier molecular flexibility index (Phi) is 9.18. The summed E-state index contributed by atoms with van der Waals surface area (Å²) in [6.07, 6.45) is 6.46. The number of allylic oxidation sites excluding steroid dienone is 5. The number of benzene rings is 8. The van der Waals surface area contributed by atoms with Crippen LogP contribution in [0.25, 0.3) is 39.0 Å². The summed E-state index contributed by atoms with van der Waals surface area (Å²) in [7, 11) is 0. The second kappa shape index (κ2) is 14.9. The van der Waals surface area contributed by atoms with Crippen LogP contribution < -0.4 is 4.90 Å². The summed E-state index contributed by atoms with van der Waals surface area (Å²) in [5.74, 6) is 0. The molecule has 8 aromatic rings. The molecule has 0 saturated heterocycles. The SMILES string of the molecule is C=CC1=C(/C=C\C)c2ccccc2C1(c1ccccc1)c1ccc(N(c2cc(-c3ccccc3)cc(-c3ccccc3)c2)c2ccc3c(c2)C(C)(C)c2ccccc2-3)cc1. The van der Waals surface area contributed by atoms with E-state index < -0.39 is 5.41 Å². The van der Waals surface area contributed by atoms with Crippen LogP contribution in [0, 0.1) is 0 Å². The number of hydrogen-bond donors (Lipinski definition) is 0. The van der Waals surface area contributed by atoms with Gasteiger partial charge >= 0.3 is 0 Å². The van der Waals surface area contributed by atoms with E-state index in [9.17, 15) is 0 Å². The van der Waals surface area contributed by atoms with Gasteiger partial charge in [-0.25, -0.2) is 0 Å². The highest BCUT2D eigenvalue weighted by Crippen LogP contribution is 2.56. The molecule has 0 fully saturated rings. The van der Waals surface area contributed by atoms with Crippen LogP contribution in [0.2, 0.25) is 0 Å². The summed E-state index contributed by atoms with van der Waals surface area (Å²) in [6, 6.07) is 73.6. The fraction of sp³-hybridized carbons (Fsp3) is 0.0847. The molecule has 10 rings (SSSR count). The Labute approximate surface area is 355 Å². The van der Waals surface area contributed by atoms with E-state index >= 15 is 0 Å². The summed E-state index contributed by atoms with van der Waals surface area (Å²) in [4.78, 5) is 2.45. The molecule has 0 radical (unpaired) electrons. The van der Waals surface area contributed by atoms with Crippen molar-refractivity contribution >= 4 is 22.6 Å². The van der Waals surface area contributed by atoms with Crippen LogP contribution in [-0.4, -0.2) is 0 Å². The maximum Gasteiger partial charge on any atom is 0.0713 e. The van der Waals surface area contributed by atoms with Gasteiger partial charge in [-0.2, -0.15) is 0 Å². The second-order valence-electron chi connectivity index (χ2n) is 16.5. The van der Waals surface area contributed by atoms with E-state index in [1.165, 1.54) is 77.9 Å². The minimum absolute atomic E-state index is 0.144. The lowest BCUT2D eigenvalue weighted by atomic mass is 9.67. The van der Waals surface area contributed by atoms with Gasteiger partial charge in [0.25, 0.3) is 0 Å². The molecular formula is C59H47N. The number of anilines is 3. The lowest BCUT2D eigenvalue weighted by Gasteiger charge is -2.35. The fourth-order valence-electron chi connectivity index (χ4n) is 10.1. The smallest absolute Gasteiger partial charge is 0.0713 e. The minimum atomic E-state index is -0.547. The average Bonchev–Trinajstić information content (AvgIpc) is 3.72. The zero-order valence-electron chi connectivity index (χ0n) is 34.4. The summed E-state index contributed by atoms with van der Waals surface area (Å²) in [6.45, 7) is 11.3. The Morgan fingerprint density at radius 1 is 0.433 bits per heavy atom. The van der Waals surface area contributed by atoms with Gasteiger partial charge in [0, 0.05) is 22.5 Å². The summed E-state index contributed by atoms with van der Waals surface area (Å²) in [5.41, 5.74) is 20.0. The van der Waals surface area contributed by atoms with Crippen molar-refractivity contribution in [3.63, 3.8) is 0 Å². The molecule has 0 spiro atoms. The van der Waals surface area contributed by atoms with Crippen molar-refractivity contribution in [3.8, 4) is 33.4 Å². The van der Waals surface area contributed by atoms with Crippen molar-refractivity contribution < 1.29 is 0 Å². The highest BCUT2D eigenvalue weighted by atomic mass is 15.1. The van der Waals surface area contributed by atoms with Crippen LogP contribution in [-0.2, 0) is 10.8 Å². The molecule has 8 aromatic carbocycles. The molecule has 1 atom stereocenters. The van der Waals surface area contributed by atoms with Gasteiger partial charge in [0.15, 0.2) is 0 Å². The van der Waals surface area contributed by atoms with Crippen LogP contribution in [0.15, 0.2) is 231 Å². The van der Waals surface area contributed by atoms with E-state index in [4.69, 9.17) is 0 Å². The van der Waals surface area contributed by atoms with Crippen molar-refractivity contribution in [1.82, 2.24) is 0 Å². The standard InChI is InChI=1S/C59H47N/c1-5-20-50-52-28-17-19-30-56(52)59(54(50)6-2,45-25-14-9-15-26-45)46-31-33-47(34-32-46)60(48-35-36-53-51-27-16-18-29-55(51)58(3,4)57(53)40-48)49-38-43(41-21-10-7-11-22-41)37-44(39-49)42-23-12-8-13-24-42/h5-40H,2H2,1,3-4H3/b20-5-. The Morgan fingerprint density at radius 3 is 1.57 bits per heavy atom. The largest absolute Gasteiger partial charge is 0.310 e. The molecule has 288 valence electrons. The van der Waals surface area contributed by atoms with E-state index in [0.717, 1.165) is 17.1 Å². The first-order valence-electron chi connectivity index (χ1n) is 21.0. The third-order valence-electron chi connectivity index (χ3n) is 12.8. The van der Waals surface area contributed by atoms with E-state index in [1.54, 1.807) is 0 Å². The molecule has 1 unspecified atom stereocenters. The van der Waals surface area contributed by atoms with Crippen molar-refractivity contribution in [3.05, 3.63) is 264 Å². The van der Waals surface area contributed by atoms with Crippen molar-refractivity contribution in [2.45, 2.75) is 31.6 Å². The fourth-order valence-corrected chi connectivity index (χ4v) is 10.1. The average molecular weight is 770 g/mol. The van der Waals surface area contributed by atoms with E-state index in [1.807, 2.05) is 0 Å². The topological polar surface area (TPSA) is 3.24 Å². The number of hydrogen-bond acceptors (Lipinski definition) is 1. The molecule has 0 aromatic heterocycles. The number of nitrogens with zero attached hydrogens (tertiary/aromatic N) is 1. The molecule has 0 aliphatic heterocycles. The van der Waals surface area contributed by atoms with E-state index in [2.05, 4.69) is 251 Å². The second-order valence-corrected chi connectivity index (χ2v) is 16.5. The van der Waals surface area contributed by atoms with Crippen molar-refractivity contribution in [2.75, 3.05) is 4.90 Å². The van der Waals surface area contributed by atoms with Gasteiger partial charge < -0.3 is 4.90 Å². The Bertz CT molecular complexity index is 2890. The van der Waals surface area contributed by atoms with Crippen molar-refractivity contribution in [1.29, 1.82) is 0 Å². The predicted molar refractivity (Wildman–Crippen MR) is 254 cm³/mol. The number of fused-ring (bicyclic) bond motifs is 4. The molecule has 1 heteroatoms. The molecule has 60 heavy (non-hydrogen) atoms. The molecule has 1 nitrogen and oxygen atoms in total. The zero-order valence-corrected chi connectivity index (χ0v) is 34.4. The zero-order chi connectivity index (χ0) is 40.8. The molecule has 0 heterocycles. The maximum absolute atomic E-state index is 4.45. The molecule has 0 N–H and O–H groups in total. The lowest BCUT2D eigenvalue weighted by Crippen LogP contribution is -2.29. The quantitative estimate of drug-likeness (QED) is 0.141. The first kappa shape index (κ1) is 37.1. The van der Waals surface area contributed by atoms with Gasteiger partial charge in [-0.3, -0.25) is 0 Å². The molecule has 2 aliphatic rings. The van der Waals surface area contributed by atoms with Crippen LogP contribution >= 0.6 is 0 Å². The summed E-state index contributed by atoms with van der Waals surface area (Å²) < 4.78 is 0. The molecule has 2 aliphatic carbocycles. The molecule has 0 amide bonds. The van der Waals surface area contributed by atoms with Crippen LogP contribution in [0.3, 0.4) is 0 Å². The van der Waals surface area contributed by atoms with Gasteiger partial charge in [-0.1, -0.05) is 196 Å². The van der Waals surface area contributed by atoms with E-state index in [-0.39, 0.29) is 5.41 Å². The van der Waals surface area contributed by atoms with Gasteiger partial charge in [0.05, 0.1) is 5.41 Å². The first-order chi connectivity index (χ1) is 29.4. The lowest BCUT2D eigenvalue weighted by molar-refractivity contribution is 0.660. The van der Waals surface area contributed by atoms with Gasteiger partial charge in [0.2, 0.25) is 0 Å². The first-order valence-corrected chi connectivity index (χ1v) is 21.0. The van der Waals surface area contributed by atoms with Crippen molar-refractivity contribution in [2.24, 2.45) is 0 Å². The van der Waals surface area contributed by atoms with Gasteiger partial charge in [-0.15, -0.1) is 0 Å². The third-order valence-corrected chi connectivity index (χ3v) is 12.8. The monoisotopic (exact) mass is 769 g/mol.